The zero-order valence-corrected chi connectivity index (χ0v) is 14.9. The van der Waals surface area contributed by atoms with E-state index in [4.69, 9.17) is 4.99 Å². The zero-order chi connectivity index (χ0) is 17.0. The van der Waals surface area contributed by atoms with Crippen molar-refractivity contribution in [1.82, 2.24) is 0 Å². The Morgan fingerprint density at radius 1 is 0.833 bits per heavy atom. The van der Waals surface area contributed by atoms with Crippen LogP contribution in [0.15, 0.2) is 60.1 Å². The van der Waals surface area contributed by atoms with Gasteiger partial charge in [0.2, 0.25) is 0 Å². The van der Waals surface area contributed by atoms with E-state index >= 15 is 0 Å². The van der Waals surface area contributed by atoms with Gasteiger partial charge in [0.05, 0.1) is 5.69 Å². The molecule has 0 radical (unpaired) electrons. The summed E-state index contributed by atoms with van der Waals surface area (Å²) in [4.78, 5) is 4.71. The second-order valence-corrected chi connectivity index (χ2v) is 6.28. The Balaban J connectivity index is 1.92. The first-order valence-electron chi connectivity index (χ1n) is 9.18. The lowest BCUT2D eigenvalue weighted by molar-refractivity contribution is 0.607. The summed E-state index contributed by atoms with van der Waals surface area (Å²) in [5, 5.41) is 0. The molecule has 0 bridgehead atoms. The van der Waals surface area contributed by atoms with Crippen molar-refractivity contribution in [1.29, 1.82) is 0 Å². The fraction of sp³-hybridized carbons (Fsp3) is 0.348. The van der Waals surface area contributed by atoms with Crippen molar-refractivity contribution in [2.45, 2.75) is 51.9 Å². The van der Waals surface area contributed by atoms with Gasteiger partial charge in [-0.05, 0) is 35.6 Å². The molecule has 0 aliphatic rings. The molecular weight excluding hydrogens is 290 g/mol. The van der Waals surface area contributed by atoms with E-state index in [1.54, 1.807) is 0 Å². The fourth-order valence-electron chi connectivity index (χ4n) is 2.81. The molecule has 2 aromatic carbocycles. The summed E-state index contributed by atoms with van der Waals surface area (Å²) < 4.78 is 0. The van der Waals surface area contributed by atoms with Gasteiger partial charge in [-0.1, -0.05) is 94.1 Å². The third-order valence-electron chi connectivity index (χ3n) is 4.32. The zero-order valence-electron chi connectivity index (χ0n) is 14.9. The molecular formula is C23H29N. The fourth-order valence-corrected chi connectivity index (χ4v) is 2.81. The molecule has 1 heteroatoms. The van der Waals surface area contributed by atoms with Crippen molar-refractivity contribution in [3.05, 3.63) is 71.8 Å². The van der Waals surface area contributed by atoms with Crippen molar-refractivity contribution in [2.24, 2.45) is 4.99 Å². The number of aryl methyl sites for hydroxylation is 1. The largest absolute Gasteiger partial charge is 0.256 e. The third kappa shape index (κ3) is 6.16. The lowest BCUT2D eigenvalue weighted by Gasteiger charge is -2.06. The normalized spacial score (nSPS) is 11.0. The molecule has 0 fully saturated rings. The van der Waals surface area contributed by atoms with Gasteiger partial charge in [0, 0.05) is 6.21 Å². The molecule has 2 aromatic rings. The molecule has 0 N–H and O–H groups in total. The third-order valence-corrected chi connectivity index (χ3v) is 4.32. The van der Waals surface area contributed by atoms with Gasteiger partial charge >= 0.3 is 0 Å². The molecule has 2 rings (SSSR count). The highest BCUT2D eigenvalue weighted by Gasteiger charge is 2.00. The minimum Gasteiger partial charge on any atom is -0.256 e. The van der Waals surface area contributed by atoms with Crippen LogP contribution in [-0.2, 0) is 6.42 Å². The first-order valence-corrected chi connectivity index (χ1v) is 9.18. The van der Waals surface area contributed by atoms with Crippen LogP contribution in [0, 0.1) is 0 Å². The van der Waals surface area contributed by atoms with Crippen LogP contribution in [0.1, 0.15) is 62.1 Å². The van der Waals surface area contributed by atoms with Crippen LogP contribution in [0.25, 0.3) is 6.08 Å². The predicted molar refractivity (Wildman–Crippen MR) is 107 cm³/mol. The number of para-hydroxylation sites is 1. The van der Waals surface area contributed by atoms with Gasteiger partial charge in [-0.3, -0.25) is 4.99 Å². The molecule has 0 aliphatic heterocycles. The van der Waals surface area contributed by atoms with Crippen LogP contribution in [0.2, 0.25) is 0 Å². The van der Waals surface area contributed by atoms with Gasteiger partial charge < -0.3 is 0 Å². The molecule has 0 saturated heterocycles. The van der Waals surface area contributed by atoms with Gasteiger partial charge in [-0.25, -0.2) is 0 Å². The van der Waals surface area contributed by atoms with Crippen molar-refractivity contribution in [2.75, 3.05) is 0 Å². The van der Waals surface area contributed by atoms with E-state index in [9.17, 15) is 0 Å². The Kier molecular flexibility index (Phi) is 8.03. The minimum absolute atomic E-state index is 1.10. The van der Waals surface area contributed by atoms with Crippen LogP contribution in [-0.4, -0.2) is 6.21 Å². The minimum atomic E-state index is 1.10. The summed E-state index contributed by atoms with van der Waals surface area (Å²) in [6, 6.07) is 16.8. The molecule has 0 heterocycles. The summed E-state index contributed by atoms with van der Waals surface area (Å²) >= 11 is 0. The summed E-state index contributed by atoms with van der Waals surface area (Å²) in [6.07, 6.45) is 12.9. The highest BCUT2D eigenvalue weighted by Crippen LogP contribution is 2.21. The Labute approximate surface area is 147 Å². The van der Waals surface area contributed by atoms with Crippen LogP contribution in [0.4, 0.5) is 5.69 Å². The molecule has 0 aromatic heterocycles. The molecule has 0 saturated carbocycles. The second-order valence-electron chi connectivity index (χ2n) is 6.28. The van der Waals surface area contributed by atoms with Crippen molar-refractivity contribution < 1.29 is 0 Å². The average molecular weight is 319 g/mol. The Bertz CT molecular complexity index is 637. The number of nitrogens with zero attached hydrogens (tertiary/aromatic N) is 1. The molecule has 0 unspecified atom stereocenters. The van der Waals surface area contributed by atoms with Gasteiger partial charge in [-0.15, -0.1) is 0 Å². The second kappa shape index (κ2) is 10.6. The van der Waals surface area contributed by atoms with E-state index in [1.807, 2.05) is 12.3 Å². The molecule has 0 amide bonds. The van der Waals surface area contributed by atoms with E-state index in [0.29, 0.717) is 0 Å². The predicted octanol–water partition coefficient (Wildman–Crippen LogP) is 6.98. The van der Waals surface area contributed by atoms with E-state index in [0.717, 1.165) is 23.2 Å². The molecule has 0 spiro atoms. The lowest BCUT2D eigenvalue weighted by atomic mass is 10.0. The first kappa shape index (κ1) is 18.2. The average Bonchev–Trinajstić information content (AvgIpc) is 2.64. The van der Waals surface area contributed by atoms with E-state index < -0.39 is 0 Å². The summed E-state index contributed by atoms with van der Waals surface area (Å²) in [5.41, 5.74) is 4.71. The van der Waals surface area contributed by atoms with Crippen molar-refractivity contribution in [3.8, 4) is 0 Å². The molecule has 126 valence electrons. The Morgan fingerprint density at radius 2 is 1.50 bits per heavy atom. The van der Waals surface area contributed by atoms with Gasteiger partial charge in [0.25, 0.3) is 0 Å². The highest BCUT2D eigenvalue weighted by atomic mass is 14.7. The number of hydrogen-bond donors (Lipinski definition) is 0. The topological polar surface area (TPSA) is 12.4 Å². The van der Waals surface area contributed by atoms with Gasteiger partial charge in [-0.2, -0.15) is 0 Å². The number of benzene rings is 2. The molecule has 0 aliphatic carbocycles. The van der Waals surface area contributed by atoms with Crippen molar-refractivity contribution in [3.63, 3.8) is 0 Å². The van der Waals surface area contributed by atoms with E-state index in [1.165, 1.54) is 44.1 Å². The Morgan fingerprint density at radius 3 is 2.25 bits per heavy atom. The number of hydrogen-bond acceptors (Lipinski definition) is 1. The maximum atomic E-state index is 4.71. The molecule has 0 atom stereocenters. The standard InChI is InChI=1S/C23H29N/c1-3-5-6-7-8-9-12-22-13-10-11-14-23(22)24-19-21-17-15-20(4-2)16-18-21/h4,10-11,13-19H,2-3,5-9,12H2,1H3/b24-19+. The lowest BCUT2D eigenvalue weighted by Crippen LogP contribution is -1.88. The number of unbranched alkanes of at least 4 members (excludes halogenated alkanes) is 5. The smallest absolute Gasteiger partial charge is 0.0661 e. The maximum absolute atomic E-state index is 4.71. The first-order chi connectivity index (χ1) is 11.8. The molecule has 1 nitrogen and oxygen atoms in total. The summed E-state index contributed by atoms with van der Waals surface area (Å²) in [6.45, 7) is 6.05. The Hall–Kier alpha value is -2.15. The van der Waals surface area contributed by atoms with E-state index in [-0.39, 0.29) is 0 Å². The van der Waals surface area contributed by atoms with Gasteiger partial charge in [0.15, 0.2) is 0 Å². The highest BCUT2D eigenvalue weighted by molar-refractivity contribution is 5.82. The van der Waals surface area contributed by atoms with Gasteiger partial charge in [0.1, 0.15) is 0 Å². The van der Waals surface area contributed by atoms with Crippen LogP contribution in [0.5, 0.6) is 0 Å². The summed E-state index contributed by atoms with van der Waals surface area (Å²) in [7, 11) is 0. The quantitative estimate of drug-likeness (QED) is 0.331. The van der Waals surface area contributed by atoms with E-state index in [2.05, 4.69) is 62.0 Å². The SMILES string of the molecule is C=Cc1ccc(/C=N/c2ccccc2CCCCCCCC)cc1. The number of aliphatic imine (C=N–C) groups is 1. The van der Waals surface area contributed by atoms with Crippen LogP contribution in [0.3, 0.4) is 0 Å². The maximum Gasteiger partial charge on any atom is 0.0661 e. The monoisotopic (exact) mass is 319 g/mol. The van der Waals surface area contributed by atoms with Crippen molar-refractivity contribution >= 4 is 18.0 Å². The summed E-state index contributed by atoms with van der Waals surface area (Å²) in [5.74, 6) is 0. The molecule has 24 heavy (non-hydrogen) atoms. The van der Waals surface area contributed by atoms with Crippen LogP contribution < -0.4 is 0 Å². The number of rotatable bonds is 10. The van der Waals surface area contributed by atoms with Crippen LogP contribution >= 0.6 is 0 Å².